The smallest absolute Gasteiger partial charge is 0.108 e. The maximum absolute atomic E-state index is 7.62. The Hall–Kier alpha value is -0.570. The molecule has 3 N–H and O–H groups in total. The van der Waals surface area contributed by atoms with Gasteiger partial charge >= 0.3 is 0 Å². The summed E-state index contributed by atoms with van der Waals surface area (Å²) in [6, 6.07) is 0.650. The van der Waals surface area contributed by atoms with E-state index in [1.807, 2.05) is 0 Å². The van der Waals surface area contributed by atoms with Gasteiger partial charge in [0.25, 0.3) is 0 Å². The Morgan fingerprint density at radius 1 is 1.27 bits per heavy atom. The van der Waals surface area contributed by atoms with Gasteiger partial charge in [-0.3, -0.25) is 10.3 Å². The molecular formula is C12H27N3. The van der Waals surface area contributed by atoms with Gasteiger partial charge in [0.2, 0.25) is 0 Å². The maximum atomic E-state index is 7.62. The van der Waals surface area contributed by atoms with Crippen LogP contribution < -0.4 is 5.73 Å². The van der Waals surface area contributed by atoms with Crippen molar-refractivity contribution in [3.8, 4) is 0 Å². The van der Waals surface area contributed by atoms with Gasteiger partial charge < -0.3 is 5.73 Å². The van der Waals surface area contributed by atoms with E-state index < -0.39 is 0 Å². The average molecular weight is 213 g/mol. The third-order valence-electron chi connectivity index (χ3n) is 3.07. The Morgan fingerprint density at radius 2 is 1.87 bits per heavy atom. The first-order chi connectivity index (χ1) is 7.08. The van der Waals surface area contributed by atoms with Crippen molar-refractivity contribution < 1.29 is 0 Å². The van der Waals surface area contributed by atoms with Crippen LogP contribution in [0.2, 0.25) is 0 Å². The van der Waals surface area contributed by atoms with Crippen LogP contribution in [0.1, 0.15) is 53.4 Å². The number of nitrogens with one attached hydrogen (secondary N) is 1. The maximum Gasteiger partial charge on any atom is 0.108 e. The highest BCUT2D eigenvalue weighted by Gasteiger charge is 2.22. The number of hydrogen-bond donors (Lipinski definition) is 2. The molecule has 0 aromatic carbocycles. The zero-order valence-electron chi connectivity index (χ0n) is 10.7. The van der Waals surface area contributed by atoms with Crippen molar-refractivity contribution in [3.05, 3.63) is 0 Å². The van der Waals surface area contributed by atoms with E-state index in [1.165, 1.54) is 12.8 Å². The summed E-state index contributed by atoms with van der Waals surface area (Å²) in [6.07, 6.45) is 4.44. The second-order valence-corrected chi connectivity index (χ2v) is 4.23. The number of unbranched alkanes of at least 4 members (excludes halogenated alkanes) is 1. The number of nitrogens with two attached hydrogens (primary N) is 1. The quantitative estimate of drug-likeness (QED) is 0.481. The minimum atomic E-state index is 0.131. The summed E-state index contributed by atoms with van der Waals surface area (Å²) in [5, 5.41) is 7.62. The van der Waals surface area contributed by atoms with Crippen molar-refractivity contribution in [3.63, 3.8) is 0 Å². The molecule has 2 atom stereocenters. The normalized spacial score (nSPS) is 15.3. The van der Waals surface area contributed by atoms with Gasteiger partial charge in [0.05, 0.1) is 6.04 Å². The molecule has 0 aliphatic heterocycles. The molecule has 15 heavy (non-hydrogen) atoms. The van der Waals surface area contributed by atoms with Crippen molar-refractivity contribution in [1.82, 2.24) is 4.90 Å². The van der Waals surface area contributed by atoms with Crippen LogP contribution in [-0.4, -0.2) is 29.4 Å². The summed E-state index contributed by atoms with van der Waals surface area (Å²) >= 11 is 0. The second-order valence-electron chi connectivity index (χ2n) is 4.23. The summed E-state index contributed by atoms with van der Waals surface area (Å²) < 4.78 is 0. The molecule has 3 heteroatoms. The molecule has 0 fully saturated rings. The van der Waals surface area contributed by atoms with Crippen LogP contribution in [0.3, 0.4) is 0 Å². The monoisotopic (exact) mass is 213 g/mol. The molecule has 0 aliphatic carbocycles. The van der Waals surface area contributed by atoms with Gasteiger partial charge in [-0.1, -0.05) is 27.2 Å². The van der Waals surface area contributed by atoms with Crippen LogP contribution in [0, 0.1) is 5.41 Å². The van der Waals surface area contributed by atoms with E-state index in [0.29, 0.717) is 11.9 Å². The van der Waals surface area contributed by atoms with Gasteiger partial charge in [-0.25, -0.2) is 0 Å². The van der Waals surface area contributed by atoms with Crippen LogP contribution in [-0.2, 0) is 0 Å². The van der Waals surface area contributed by atoms with E-state index in [1.54, 1.807) is 0 Å². The van der Waals surface area contributed by atoms with E-state index in [4.69, 9.17) is 11.1 Å². The van der Waals surface area contributed by atoms with Gasteiger partial charge in [0, 0.05) is 6.04 Å². The van der Waals surface area contributed by atoms with E-state index >= 15 is 0 Å². The highest BCUT2D eigenvalue weighted by Crippen LogP contribution is 2.13. The fraction of sp³-hybridized carbons (Fsp3) is 0.917. The molecule has 0 saturated carbocycles. The lowest BCUT2D eigenvalue weighted by molar-refractivity contribution is 0.169. The number of nitrogens with zero attached hydrogens (tertiary/aromatic N) is 1. The lowest BCUT2D eigenvalue weighted by Crippen LogP contribution is -2.48. The first-order valence-electron chi connectivity index (χ1n) is 6.18. The number of hydrogen-bond acceptors (Lipinski definition) is 2. The molecule has 0 spiro atoms. The van der Waals surface area contributed by atoms with Crippen LogP contribution in [0.15, 0.2) is 0 Å². The van der Waals surface area contributed by atoms with Crippen LogP contribution >= 0.6 is 0 Å². The van der Waals surface area contributed by atoms with E-state index in [0.717, 1.165) is 19.4 Å². The first-order valence-corrected chi connectivity index (χ1v) is 6.18. The van der Waals surface area contributed by atoms with Crippen molar-refractivity contribution in [1.29, 1.82) is 5.41 Å². The summed E-state index contributed by atoms with van der Waals surface area (Å²) in [7, 11) is 0. The minimum Gasteiger partial charge on any atom is -0.386 e. The van der Waals surface area contributed by atoms with Crippen molar-refractivity contribution in [2.75, 3.05) is 6.54 Å². The fourth-order valence-electron chi connectivity index (χ4n) is 1.89. The number of rotatable bonds is 8. The lowest BCUT2D eigenvalue weighted by Gasteiger charge is -2.35. The molecular weight excluding hydrogens is 186 g/mol. The van der Waals surface area contributed by atoms with Crippen molar-refractivity contribution in [2.45, 2.75) is 65.5 Å². The predicted molar refractivity (Wildman–Crippen MR) is 67.4 cm³/mol. The van der Waals surface area contributed by atoms with Crippen LogP contribution in [0.4, 0.5) is 0 Å². The van der Waals surface area contributed by atoms with Crippen molar-refractivity contribution in [2.24, 2.45) is 5.73 Å². The molecule has 0 heterocycles. The van der Waals surface area contributed by atoms with Crippen LogP contribution in [0.25, 0.3) is 0 Å². The van der Waals surface area contributed by atoms with Crippen molar-refractivity contribution >= 4 is 5.84 Å². The first kappa shape index (κ1) is 14.4. The molecule has 3 nitrogen and oxygen atoms in total. The number of amidine groups is 1. The molecule has 0 aromatic heterocycles. The largest absolute Gasteiger partial charge is 0.386 e. The third kappa shape index (κ3) is 4.65. The van der Waals surface area contributed by atoms with Gasteiger partial charge in [0.1, 0.15) is 5.84 Å². The third-order valence-corrected chi connectivity index (χ3v) is 3.07. The van der Waals surface area contributed by atoms with Gasteiger partial charge in [-0.15, -0.1) is 0 Å². The standard InChI is InChI=1S/C12H27N3/c1-5-8-9-15(10(4)6-2)11(7-3)12(13)14/h10-11H,5-9H2,1-4H3,(H3,13,14). The molecule has 2 unspecified atom stereocenters. The molecule has 0 rings (SSSR count). The van der Waals surface area contributed by atoms with E-state index in [9.17, 15) is 0 Å². The van der Waals surface area contributed by atoms with Gasteiger partial charge in [-0.05, 0) is 32.7 Å². The van der Waals surface area contributed by atoms with Gasteiger partial charge in [-0.2, -0.15) is 0 Å². The SMILES string of the molecule is CCCCN(C(C)CC)C(CC)C(=N)N. The average Bonchev–Trinajstić information content (AvgIpc) is 2.22. The Bertz CT molecular complexity index is 180. The Morgan fingerprint density at radius 3 is 2.20 bits per heavy atom. The topological polar surface area (TPSA) is 53.1 Å². The Kier molecular flexibility index (Phi) is 7.39. The summed E-state index contributed by atoms with van der Waals surface area (Å²) in [6.45, 7) is 9.78. The molecule has 0 aliphatic rings. The fourth-order valence-corrected chi connectivity index (χ4v) is 1.89. The summed E-state index contributed by atoms with van der Waals surface area (Å²) in [5.41, 5.74) is 5.65. The van der Waals surface area contributed by atoms with Crippen LogP contribution in [0.5, 0.6) is 0 Å². The molecule has 0 amide bonds. The highest BCUT2D eigenvalue weighted by molar-refractivity contribution is 5.82. The Balaban J connectivity index is 4.49. The highest BCUT2D eigenvalue weighted by atomic mass is 15.2. The summed E-state index contributed by atoms with van der Waals surface area (Å²) in [4.78, 5) is 2.38. The zero-order chi connectivity index (χ0) is 11.8. The van der Waals surface area contributed by atoms with Gasteiger partial charge in [0.15, 0.2) is 0 Å². The second kappa shape index (κ2) is 7.69. The molecule has 0 aromatic rings. The summed E-state index contributed by atoms with van der Waals surface area (Å²) in [5.74, 6) is 0.314. The predicted octanol–water partition coefficient (Wildman–Crippen LogP) is 2.60. The molecule has 90 valence electrons. The molecule has 0 bridgehead atoms. The van der Waals surface area contributed by atoms with E-state index in [-0.39, 0.29) is 6.04 Å². The lowest BCUT2D eigenvalue weighted by atomic mass is 10.1. The molecule has 0 saturated heterocycles. The van der Waals surface area contributed by atoms with E-state index in [2.05, 4.69) is 32.6 Å². The molecule has 0 radical (unpaired) electrons. The zero-order valence-corrected chi connectivity index (χ0v) is 10.7. The minimum absolute atomic E-state index is 0.131. The Labute approximate surface area is 94.5 Å².